The maximum absolute atomic E-state index is 12.9. The van der Waals surface area contributed by atoms with Crippen LogP contribution in [-0.4, -0.2) is 334 Å². The molecule has 4 aromatic rings. The Hall–Kier alpha value is -4.87. The standard InChI is InChI=1S/C86H127N3O33/c1-42-57(33-92)109-80(122-78-68(103)86(120-76(78)56(97)32-91)115-70-43(2)58(34-93)108-79(47(70)6)121-77-67(102)83(119-75(77)55(96)31-90)106-29-19-11-18-28-88-89-87)46(5)69(42)114-84-65(100)72(44(3)61(112-84)40-104-37-50-20-12-9-13-21-50)117-82-49(8)74(64(99)60(36-95)111-82)118-85-66(101)73(45(4)62(113-85)41-105-38-51-22-14-10-15-23-51)116-81-48(7)71(63(98)59(35-94)110-81)107-39-52-26-27-53-24-16-17-25-54(53)30-52/h9-10,12-17,20-27,30,42-49,55-86,90-103H,11,18-19,28-29,31-41H2,1-8H3/t42?,43?,44?,45?,46?,47?,48?,49?,55-,56-,57?,58?,59?,60?,61?,62?,63?,64?,65?,66?,67?,68?,69?,70?,71?,72?,73?,74?,75?,76?,77?,78?,79?,80?,81?,82?,83?,84?,85?,86?/m1/s1. The zero-order chi connectivity index (χ0) is 87.2. The molecule has 8 aliphatic heterocycles. The van der Waals surface area contributed by atoms with Crippen molar-refractivity contribution in [3.8, 4) is 0 Å². The van der Waals surface area contributed by atoms with Crippen LogP contribution in [0.15, 0.2) is 108 Å². The summed E-state index contributed by atoms with van der Waals surface area (Å²) in [7, 11) is 0. The quantitative estimate of drug-likeness (QED) is 0.0131. The van der Waals surface area contributed by atoms with Gasteiger partial charge in [-0.05, 0) is 51.9 Å². The summed E-state index contributed by atoms with van der Waals surface area (Å²) in [6.07, 6.45) is -41.5. The fourth-order valence-electron chi connectivity index (χ4n) is 17.8. The maximum atomic E-state index is 12.9. The molecule has 0 aromatic heterocycles. The third-order valence-corrected chi connectivity index (χ3v) is 25.4. The highest BCUT2D eigenvalue weighted by molar-refractivity contribution is 5.83. The first-order valence-corrected chi connectivity index (χ1v) is 42.7. The van der Waals surface area contributed by atoms with E-state index in [0.717, 1.165) is 27.5 Å². The van der Waals surface area contributed by atoms with Crippen LogP contribution >= 0.6 is 0 Å². The molecule has 0 bridgehead atoms. The zero-order valence-corrected chi connectivity index (χ0v) is 70.1. The summed E-state index contributed by atoms with van der Waals surface area (Å²) in [4.78, 5) is 2.75. The minimum Gasteiger partial charge on any atom is -0.394 e. The van der Waals surface area contributed by atoms with Gasteiger partial charge in [-0.3, -0.25) is 0 Å². The predicted octanol–water partition coefficient (Wildman–Crippen LogP) is 2.08. The second kappa shape index (κ2) is 45.4. The molecule has 36 nitrogen and oxygen atoms in total. The van der Waals surface area contributed by atoms with Crippen molar-refractivity contribution >= 4 is 10.8 Å². The lowest BCUT2D eigenvalue weighted by atomic mass is 9.85. The number of fused-ring (bicyclic) bond motifs is 1. The molecule has 0 spiro atoms. The Bertz CT molecular complexity index is 3800. The monoisotopic (exact) mass is 1730 g/mol. The SMILES string of the molecule is CC1C(CO)OC(OC2C(O)C(OC3C(C)C(CO)OC(OC4C(O)C(OCCCCCN=[N+]=[N-])OC4[C@H](O)CO)C3C)OC2[C@H](O)CO)C(C)C1OC1OC(COCc2ccccc2)C(C)C(OC2OC(CO)C(O)C(OC3OC(COCc4ccccc4)C(C)C(OC4OC(CO)C(O)C(OCc5ccc6ccccc6c5)C4C)C3O)C2C)C1O. The van der Waals surface area contributed by atoms with E-state index >= 15 is 0 Å². The summed E-state index contributed by atoms with van der Waals surface area (Å²) < 4.78 is 123. The Labute approximate surface area is 709 Å². The van der Waals surface area contributed by atoms with E-state index in [1.54, 1.807) is 55.4 Å². The van der Waals surface area contributed by atoms with E-state index in [4.69, 9.17) is 95.5 Å². The molecule has 36 heteroatoms. The van der Waals surface area contributed by atoms with Crippen LogP contribution in [0, 0.1) is 47.3 Å². The first-order chi connectivity index (χ1) is 58.8. The van der Waals surface area contributed by atoms with Crippen LogP contribution in [0.4, 0.5) is 0 Å². The summed E-state index contributed by atoms with van der Waals surface area (Å²) in [5.74, 6) is -6.23. The van der Waals surface area contributed by atoms with Crippen LogP contribution in [-0.2, 0) is 110 Å². The topological polar surface area (TPSA) is 507 Å². The van der Waals surface area contributed by atoms with E-state index in [2.05, 4.69) is 10.0 Å². The zero-order valence-electron chi connectivity index (χ0n) is 70.1. The third-order valence-electron chi connectivity index (χ3n) is 25.4. The van der Waals surface area contributed by atoms with Crippen molar-refractivity contribution in [3.63, 3.8) is 0 Å². The van der Waals surface area contributed by atoms with Gasteiger partial charge in [0, 0.05) is 65.4 Å². The number of azide groups is 1. The molecule has 38 unspecified atom stereocenters. The molecule has 8 heterocycles. The molecule has 684 valence electrons. The average molecular weight is 1730 g/mol. The van der Waals surface area contributed by atoms with Crippen LogP contribution in [0.25, 0.3) is 21.2 Å². The van der Waals surface area contributed by atoms with Gasteiger partial charge in [-0.2, -0.15) is 0 Å². The van der Waals surface area contributed by atoms with Crippen molar-refractivity contribution in [1.82, 2.24) is 0 Å². The lowest BCUT2D eigenvalue weighted by Gasteiger charge is -2.51. The molecule has 4 aromatic carbocycles. The second-order valence-corrected chi connectivity index (χ2v) is 33.8. The van der Waals surface area contributed by atoms with Gasteiger partial charge in [-0.15, -0.1) is 0 Å². The molecule has 0 saturated carbocycles. The summed E-state index contributed by atoms with van der Waals surface area (Å²) in [5, 5.41) is 166. The molecule has 8 aliphatic rings. The average Bonchev–Trinajstić information content (AvgIpc) is 1.38. The third kappa shape index (κ3) is 22.7. The molecule has 122 heavy (non-hydrogen) atoms. The van der Waals surface area contributed by atoms with Gasteiger partial charge >= 0.3 is 0 Å². The van der Waals surface area contributed by atoms with Crippen molar-refractivity contribution in [3.05, 3.63) is 130 Å². The fraction of sp³-hybridized carbons (Fsp3) is 0.744. The van der Waals surface area contributed by atoms with E-state index < -0.39 is 284 Å². The Kier molecular flexibility index (Phi) is 35.8. The summed E-state index contributed by atoms with van der Waals surface area (Å²) in [5.41, 5.74) is 11.2. The van der Waals surface area contributed by atoms with E-state index in [9.17, 15) is 71.5 Å². The highest BCUT2D eigenvalue weighted by Crippen LogP contribution is 2.45. The lowest BCUT2D eigenvalue weighted by Crippen LogP contribution is -2.64. The van der Waals surface area contributed by atoms with Crippen molar-refractivity contribution in [2.24, 2.45) is 52.5 Å². The van der Waals surface area contributed by atoms with Crippen LogP contribution in [0.1, 0.15) is 91.3 Å². The Balaban J connectivity index is 0.755. The van der Waals surface area contributed by atoms with Gasteiger partial charge in [0.25, 0.3) is 0 Å². The summed E-state index contributed by atoms with van der Waals surface area (Å²) in [6, 6.07) is 32.7. The molecule has 14 N–H and O–H groups in total. The van der Waals surface area contributed by atoms with Gasteiger partial charge < -0.3 is 161 Å². The molecule has 0 aliphatic carbocycles. The maximum Gasteiger partial charge on any atom is 0.187 e. The molecule has 8 fully saturated rings. The number of aliphatic hydroxyl groups is 14. The summed E-state index contributed by atoms with van der Waals surface area (Å²) in [6.45, 7) is 10.4. The van der Waals surface area contributed by atoms with Gasteiger partial charge in [0.15, 0.2) is 50.3 Å². The van der Waals surface area contributed by atoms with Crippen LogP contribution in [0.3, 0.4) is 0 Å². The summed E-state index contributed by atoms with van der Waals surface area (Å²) >= 11 is 0. The molecule has 40 atom stereocenters. The lowest BCUT2D eigenvalue weighted by molar-refractivity contribution is -0.382. The number of rotatable bonds is 40. The van der Waals surface area contributed by atoms with Gasteiger partial charge in [0.2, 0.25) is 0 Å². The molecular weight excluding hydrogens is 1600 g/mol. The normalized spacial score (nSPS) is 41.3. The highest BCUT2D eigenvalue weighted by atomic mass is 16.8. The van der Waals surface area contributed by atoms with Crippen LogP contribution in [0.2, 0.25) is 0 Å². The number of nitrogens with zero attached hydrogens (tertiary/aromatic N) is 3. The Morgan fingerprint density at radius 2 is 0.713 bits per heavy atom. The van der Waals surface area contributed by atoms with Gasteiger partial charge in [0.05, 0.1) is 134 Å². The number of unbranched alkanes of at least 4 members (excludes halogenated alkanes) is 2. The number of ether oxygens (including phenoxy) is 19. The van der Waals surface area contributed by atoms with Crippen molar-refractivity contribution in [1.29, 1.82) is 0 Å². The number of hydrogen-bond acceptors (Lipinski definition) is 34. The number of hydrogen-bond donors (Lipinski definition) is 14. The Morgan fingerprint density at radius 1 is 0.344 bits per heavy atom. The largest absolute Gasteiger partial charge is 0.394 e. The van der Waals surface area contributed by atoms with E-state index in [1.807, 2.05) is 103 Å². The minimum atomic E-state index is -1.77. The number of aliphatic hydroxyl groups excluding tert-OH is 14. The molecule has 12 rings (SSSR count). The second-order valence-electron chi connectivity index (χ2n) is 33.8. The van der Waals surface area contributed by atoms with Gasteiger partial charge in [0.1, 0.15) is 85.5 Å². The smallest absolute Gasteiger partial charge is 0.187 e. The van der Waals surface area contributed by atoms with Crippen molar-refractivity contribution in [2.45, 2.75) is 291 Å². The van der Waals surface area contributed by atoms with E-state index in [-0.39, 0.29) is 39.6 Å². The van der Waals surface area contributed by atoms with Crippen LogP contribution < -0.4 is 0 Å². The van der Waals surface area contributed by atoms with E-state index in [0.29, 0.717) is 25.8 Å². The first-order valence-electron chi connectivity index (χ1n) is 42.7. The van der Waals surface area contributed by atoms with Gasteiger partial charge in [-0.1, -0.05) is 164 Å². The van der Waals surface area contributed by atoms with Gasteiger partial charge in [-0.25, -0.2) is 0 Å². The molecule has 0 amide bonds. The predicted molar refractivity (Wildman–Crippen MR) is 426 cm³/mol. The molecular formula is C86H127N3O33. The van der Waals surface area contributed by atoms with Crippen molar-refractivity contribution in [2.75, 3.05) is 66.0 Å². The van der Waals surface area contributed by atoms with Crippen LogP contribution in [0.5, 0.6) is 0 Å². The highest BCUT2D eigenvalue weighted by Gasteiger charge is 2.60. The van der Waals surface area contributed by atoms with Crippen molar-refractivity contribution < 1.29 is 161 Å². The first kappa shape index (κ1) is 96.2. The Morgan fingerprint density at radius 3 is 1.19 bits per heavy atom. The molecule has 8 saturated heterocycles. The minimum absolute atomic E-state index is 0.0404. The molecule has 0 radical (unpaired) electrons. The fourth-order valence-corrected chi connectivity index (χ4v) is 17.8. The van der Waals surface area contributed by atoms with E-state index in [1.165, 1.54) is 0 Å². The number of benzene rings is 4.